The van der Waals surface area contributed by atoms with Gasteiger partial charge in [0.05, 0.1) is 0 Å². The van der Waals surface area contributed by atoms with Crippen LogP contribution in [0.25, 0.3) is 0 Å². The van der Waals surface area contributed by atoms with Gasteiger partial charge in [-0.15, -0.1) is 0 Å². The average Bonchev–Trinajstić information content (AvgIpc) is 3.12. The summed E-state index contributed by atoms with van der Waals surface area (Å²) in [4.78, 5) is 10.2. The van der Waals surface area contributed by atoms with Gasteiger partial charge in [-0.05, 0) is 37.1 Å². The van der Waals surface area contributed by atoms with E-state index < -0.39 is 0 Å². The number of pyridine rings is 1. The molecule has 144 valence electrons. The molecule has 0 radical (unpaired) electrons. The van der Waals surface area contributed by atoms with Crippen LogP contribution >= 0.6 is 11.6 Å². The molecule has 1 aromatic heterocycles. The Hall–Kier alpha value is -2.41. The fourth-order valence-corrected chi connectivity index (χ4v) is 3.40. The fraction of sp³-hybridized carbons (Fsp3) is 0.368. The van der Waals surface area contributed by atoms with Crippen molar-refractivity contribution in [2.45, 2.75) is 18.9 Å². The van der Waals surface area contributed by atoms with E-state index in [4.69, 9.17) is 11.6 Å². The Balaban J connectivity index is 1.50. The highest BCUT2D eigenvalue weighted by Crippen LogP contribution is 2.21. The second-order valence-corrected chi connectivity index (χ2v) is 6.74. The van der Waals surface area contributed by atoms with Crippen molar-refractivity contribution in [3.63, 3.8) is 0 Å². The molecule has 2 aromatic rings. The molecule has 1 aromatic carbocycles. The van der Waals surface area contributed by atoms with Gasteiger partial charge in [0.2, 0.25) is 0 Å². The van der Waals surface area contributed by atoms with Crippen LogP contribution in [0.3, 0.4) is 0 Å². The van der Waals surface area contributed by atoms with Gasteiger partial charge < -0.3 is 15.5 Å². The summed E-state index contributed by atoms with van der Waals surface area (Å²) in [6, 6.07) is 7.78. The van der Waals surface area contributed by atoms with Crippen LogP contribution in [0.1, 0.15) is 12.0 Å². The molecule has 1 fully saturated rings. The summed E-state index contributed by atoms with van der Waals surface area (Å²) in [5.41, 5.74) is 0.486. The zero-order chi connectivity index (χ0) is 19.2. The standard InChI is InChI=1S/C19H22ClF2N5/c1-23-19(25-10-7-14-15(20)4-2-5-16(14)21)26-13-8-11-27(12-13)18-17(22)6-3-9-24-18/h2-6,9,13H,7-8,10-12H2,1H3,(H2,23,25,26). The summed E-state index contributed by atoms with van der Waals surface area (Å²) in [6.45, 7) is 1.84. The van der Waals surface area contributed by atoms with Gasteiger partial charge in [-0.2, -0.15) is 0 Å². The molecule has 2 N–H and O–H groups in total. The predicted molar refractivity (Wildman–Crippen MR) is 104 cm³/mol. The Labute approximate surface area is 162 Å². The predicted octanol–water partition coefficient (Wildman–Crippen LogP) is 3.00. The molecule has 0 amide bonds. The molecule has 8 heteroatoms. The maximum absolute atomic E-state index is 13.9. The molecule has 1 aliphatic rings. The first kappa shape index (κ1) is 19.4. The number of anilines is 1. The zero-order valence-electron chi connectivity index (χ0n) is 15.1. The van der Waals surface area contributed by atoms with Gasteiger partial charge in [-0.3, -0.25) is 4.99 Å². The topological polar surface area (TPSA) is 52.6 Å². The van der Waals surface area contributed by atoms with Gasteiger partial charge in [0.1, 0.15) is 5.82 Å². The number of hydrogen-bond donors (Lipinski definition) is 2. The maximum atomic E-state index is 13.9. The van der Waals surface area contributed by atoms with Crippen molar-refractivity contribution in [1.29, 1.82) is 0 Å². The normalized spacial score (nSPS) is 17.3. The molecule has 3 rings (SSSR count). The minimum Gasteiger partial charge on any atom is -0.356 e. The third-order valence-electron chi connectivity index (χ3n) is 4.52. The van der Waals surface area contributed by atoms with Crippen LogP contribution in [0.4, 0.5) is 14.6 Å². The lowest BCUT2D eigenvalue weighted by Gasteiger charge is -2.20. The second-order valence-electron chi connectivity index (χ2n) is 6.33. The molecule has 1 aliphatic heterocycles. The smallest absolute Gasteiger partial charge is 0.191 e. The SMILES string of the molecule is CN=C(NCCc1c(F)cccc1Cl)NC1CCN(c2ncccc2F)C1. The van der Waals surface area contributed by atoms with Crippen molar-refractivity contribution in [3.05, 3.63) is 58.7 Å². The zero-order valence-corrected chi connectivity index (χ0v) is 15.8. The molecule has 0 bridgehead atoms. The largest absolute Gasteiger partial charge is 0.356 e. The third kappa shape index (κ3) is 4.86. The lowest BCUT2D eigenvalue weighted by atomic mass is 10.1. The molecule has 0 spiro atoms. The van der Waals surface area contributed by atoms with E-state index in [1.807, 2.05) is 4.90 Å². The van der Waals surface area contributed by atoms with Crippen LogP contribution in [0.2, 0.25) is 5.02 Å². The number of nitrogens with one attached hydrogen (secondary N) is 2. The molecule has 0 saturated carbocycles. The van der Waals surface area contributed by atoms with E-state index in [1.165, 1.54) is 12.1 Å². The average molecular weight is 394 g/mol. The highest BCUT2D eigenvalue weighted by Gasteiger charge is 2.25. The van der Waals surface area contributed by atoms with Gasteiger partial charge in [0, 0.05) is 49.5 Å². The van der Waals surface area contributed by atoms with E-state index in [2.05, 4.69) is 20.6 Å². The molecular weight excluding hydrogens is 372 g/mol. The molecule has 1 unspecified atom stereocenters. The van der Waals surface area contributed by atoms with Gasteiger partial charge in [0.25, 0.3) is 0 Å². The summed E-state index contributed by atoms with van der Waals surface area (Å²) >= 11 is 6.05. The first-order valence-electron chi connectivity index (χ1n) is 8.84. The molecule has 1 atom stereocenters. The maximum Gasteiger partial charge on any atom is 0.191 e. The van der Waals surface area contributed by atoms with Gasteiger partial charge in [0.15, 0.2) is 17.6 Å². The van der Waals surface area contributed by atoms with Crippen molar-refractivity contribution in [1.82, 2.24) is 15.6 Å². The Bertz CT molecular complexity index is 794. The van der Waals surface area contributed by atoms with Crippen molar-refractivity contribution in [2.24, 2.45) is 4.99 Å². The molecular formula is C19H22ClF2N5. The molecule has 5 nitrogen and oxygen atoms in total. The second kappa shape index (κ2) is 8.99. The first-order valence-corrected chi connectivity index (χ1v) is 9.22. The Kier molecular flexibility index (Phi) is 6.45. The molecule has 27 heavy (non-hydrogen) atoms. The number of aliphatic imine (C=N–C) groups is 1. The Morgan fingerprint density at radius 2 is 2.11 bits per heavy atom. The van der Waals surface area contributed by atoms with Gasteiger partial charge >= 0.3 is 0 Å². The number of hydrogen-bond acceptors (Lipinski definition) is 3. The lowest BCUT2D eigenvalue weighted by molar-refractivity contribution is 0.603. The Morgan fingerprint density at radius 3 is 2.85 bits per heavy atom. The Morgan fingerprint density at radius 1 is 1.30 bits per heavy atom. The number of halogens is 3. The van der Waals surface area contributed by atoms with Crippen LogP contribution in [0, 0.1) is 11.6 Å². The van der Waals surface area contributed by atoms with Crippen molar-refractivity contribution >= 4 is 23.4 Å². The van der Waals surface area contributed by atoms with E-state index in [0.717, 1.165) is 6.42 Å². The van der Waals surface area contributed by atoms with Gasteiger partial charge in [-0.1, -0.05) is 17.7 Å². The van der Waals surface area contributed by atoms with Crippen molar-refractivity contribution in [2.75, 3.05) is 31.6 Å². The fourth-order valence-electron chi connectivity index (χ4n) is 3.15. The van der Waals surface area contributed by atoms with Crippen LogP contribution in [-0.2, 0) is 6.42 Å². The number of benzene rings is 1. The van der Waals surface area contributed by atoms with E-state index >= 15 is 0 Å². The van der Waals surface area contributed by atoms with E-state index in [1.54, 1.807) is 31.4 Å². The number of aromatic nitrogens is 1. The van der Waals surface area contributed by atoms with Crippen LogP contribution in [0.15, 0.2) is 41.5 Å². The highest BCUT2D eigenvalue weighted by atomic mass is 35.5. The van der Waals surface area contributed by atoms with Crippen LogP contribution in [-0.4, -0.2) is 43.7 Å². The summed E-state index contributed by atoms with van der Waals surface area (Å²) in [5, 5.41) is 6.91. The number of nitrogens with zero attached hydrogens (tertiary/aromatic N) is 3. The minimum absolute atomic E-state index is 0.120. The van der Waals surface area contributed by atoms with E-state index in [-0.39, 0.29) is 17.7 Å². The quantitative estimate of drug-likeness (QED) is 0.605. The monoisotopic (exact) mass is 393 g/mol. The summed E-state index contributed by atoms with van der Waals surface area (Å²) < 4.78 is 27.7. The van der Waals surface area contributed by atoms with Gasteiger partial charge in [-0.25, -0.2) is 13.8 Å². The van der Waals surface area contributed by atoms with Crippen LogP contribution in [0.5, 0.6) is 0 Å². The minimum atomic E-state index is -0.317. The summed E-state index contributed by atoms with van der Waals surface area (Å²) in [6.07, 6.45) is 2.88. The van der Waals surface area contributed by atoms with Crippen molar-refractivity contribution < 1.29 is 8.78 Å². The number of rotatable bonds is 5. The summed E-state index contributed by atoms with van der Waals surface area (Å²) in [7, 11) is 1.68. The third-order valence-corrected chi connectivity index (χ3v) is 4.87. The molecule has 1 saturated heterocycles. The van der Waals surface area contributed by atoms with Crippen molar-refractivity contribution in [3.8, 4) is 0 Å². The van der Waals surface area contributed by atoms with E-state index in [0.29, 0.717) is 48.4 Å². The first-order chi connectivity index (χ1) is 13.1. The lowest BCUT2D eigenvalue weighted by Crippen LogP contribution is -2.45. The van der Waals surface area contributed by atoms with Crippen LogP contribution < -0.4 is 15.5 Å². The molecule has 0 aliphatic carbocycles. The summed E-state index contributed by atoms with van der Waals surface area (Å²) in [5.74, 6) is 0.369. The van der Waals surface area contributed by atoms with E-state index in [9.17, 15) is 8.78 Å². The highest BCUT2D eigenvalue weighted by molar-refractivity contribution is 6.31. The number of guanidine groups is 1. The molecule has 2 heterocycles.